The van der Waals surface area contributed by atoms with Gasteiger partial charge < -0.3 is 9.47 Å². The monoisotopic (exact) mass is 434 g/mol. The molecule has 0 aromatic heterocycles. The highest BCUT2D eigenvalue weighted by Gasteiger charge is 2.26. The predicted molar refractivity (Wildman–Crippen MR) is 118 cm³/mol. The van der Waals surface area contributed by atoms with E-state index in [1.54, 1.807) is 45.0 Å². The zero-order valence-corrected chi connectivity index (χ0v) is 18.7. The number of rotatable bonds is 9. The highest BCUT2D eigenvalue weighted by atomic mass is 32.2. The number of carbonyl (C=O) groups is 1. The number of methoxy groups -OCH3 is 1. The van der Waals surface area contributed by atoms with Gasteiger partial charge in [-0.25, -0.2) is 13.2 Å². The number of ether oxygens (including phenoxy) is 2. The van der Waals surface area contributed by atoms with Crippen LogP contribution in [0, 0.1) is 0 Å². The summed E-state index contributed by atoms with van der Waals surface area (Å²) in [6, 6.07) is 16.3. The van der Waals surface area contributed by atoms with Crippen LogP contribution in [-0.4, -0.2) is 44.5 Å². The Bertz CT molecular complexity index is 907. The van der Waals surface area contributed by atoms with Gasteiger partial charge in [0.2, 0.25) is 0 Å². The number of amides is 1. The van der Waals surface area contributed by atoms with Crippen molar-refractivity contribution in [3.8, 4) is 5.75 Å². The highest BCUT2D eigenvalue weighted by molar-refractivity contribution is 7.92. The molecule has 2 aromatic rings. The Morgan fingerprint density at radius 2 is 1.67 bits per heavy atom. The minimum absolute atomic E-state index is 0.257. The summed E-state index contributed by atoms with van der Waals surface area (Å²) in [5.41, 5.74) is 0.798. The zero-order valence-electron chi connectivity index (χ0n) is 17.9. The van der Waals surface area contributed by atoms with E-state index < -0.39 is 27.6 Å². The van der Waals surface area contributed by atoms with Gasteiger partial charge in [-0.15, -0.1) is 0 Å². The lowest BCUT2D eigenvalue weighted by molar-refractivity contribution is 0.0281. The third-order valence-corrected chi connectivity index (χ3v) is 5.28. The van der Waals surface area contributed by atoms with E-state index >= 15 is 0 Å². The van der Waals surface area contributed by atoms with Crippen LogP contribution in [0.4, 0.5) is 10.5 Å². The molecule has 0 aliphatic carbocycles. The van der Waals surface area contributed by atoms with E-state index in [9.17, 15) is 13.2 Å². The second-order valence-electron chi connectivity index (χ2n) is 7.91. The molecule has 7 nitrogen and oxygen atoms in total. The molecule has 0 aliphatic heterocycles. The second-order valence-corrected chi connectivity index (χ2v) is 9.60. The average molecular weight is 435 g/mol. The lowest BCUT2D eigenvalue weighted by Crippen LogP contribution is -2.41. The Balaban J connectivity index is 2.06. The summed E-state index contributed by atoms with van der Waals surface area (Å²) in [5, 5.41) is 0. The molecule has 0 unspecified atom stereocenters. The van der Waals surface area contributed by atoms with Gasteiger partial charge in [0.05, 0.1) is 7.11 Å². The van der Waals surface area contributed by atoms with Gasteiger partial charge in [0.15, 0.2) is 0 Å². The van der Waals surface area contributed by atoms with Gasteiger partial charge in [-0.2, -0.15) is 0 Å². The number of benzene rings is 2. The molecule has 0 aliphatic rings. The molecule has 1 N–H and O–H groups in total. The Morgan fingerprint density at radius 1 is 1.03 bits per heavy atom. The quantitative estimate of drug-likeness (QED) is 0.637. The van der Waals surface area contributed by atoms with Crippen LogP contribution in [0.5, 0.6) is 5.75 Å². The lowest BCUT2D eigenvalue weighted by Gasteiger charge is -2.27. The molecule has 0 fully saturated rings. The fraction of sp³-hybridized carbons (Fsp3) is 0.409. The summed E-state index contributed by atoms with van der Waals surface area (Å²) < 4.78 is 38.3. The van der Waals surface area contributed by atoms with Crippen molar-refractivity contribution in [2.75, 3.05) is 24.3 Å². The number of nitrogens with zero attached hydrogens (tertiary/aromatic N) is 1. The Labute approximate surface area is 179 Å². The van der Waals surface area contributed by atoms with Crippen molar-refractivity contribution in [3.05, 3.63) is 60.2 Å². The fourth-order valence-electron chi connectivity index (χ4n) is 2.73. The maximum Gasteiger partial charge on any atom is 0.411 e. The van der Waals surface area contributed by atoms with Crippen LogP contribution < -0.4 is 9.46 Å². The number of hydrogen-bond acceptors (Lipinski definition) is 5. The van der Waals surface area contributed by atoms with Crippen molar-refractivity contribution >= 4 is 21.8 Å². The molecule has 164 valence electrons. The summed E-state index contributed by atoms with van der Waals surface area (Å²) in [6.07, 6.45) is 0.684. The van der Waals surface area contributed by atoms with Gasteiger partial charge in [-0.3, -0.25) is 9.62 Å². The van der Waals surface area contributed by atoms with Gasteiger partial charge in [0, 0.05) is 12.2 Å². The smallest absolute Gasteiger partial charge is 0.411 e. The van der Waals surface area contributed by atoms with Crippen LogP contribution in [0.25, 0.3) is 0 Å². The lowest BCUT2D eigenvalue weighted by atomic mass is 10.1. The van der Waals surface area contributed by atoms with E-state index in [2.05, 4.69) is 4.72 Å². The normalized spacial score (nSPS) is 11.6. The number of nitrogens with one attached hydrogen (secondary N) is 1. The molecular weight excluding hydrogens is 404 g/mol. The van der Waals surface area contributed by atoms with E-state index in [-0.39, 0.29) is 6.54 Å². The van der Waals surface area contributed by atoms with Crippen molar-refractivity contribution in [1.82, 2.24) is 4.90 Å². The molecular formula is C22H30N2O5S. The van der Waals surface area contributed by atoms with Crippen LogP contribution in [0.3, 0.4) is 0 Å². The minimum Gasteiger partial charge on any atom is -0.497 e. The summed E-state index contributed by atoms with van der Waals surface area (Å²) in [6.45, 7) is 5.50. The second kappa shape index (κ2) is 10.3. The third-order valence-electron chi connectivity index (χ3n) is 4.08. The molecule has 0 spiro atoms. The molecule has 8 heteroatoms. The van der Waals surface area contributed by atoms with E-state index in [0.29, 0.717) is 17.9 Å². The van der Waals surface area contributed by atoms with Gasteiger partial charge >= 0.3 is 6.09 Å². The van der Waals surface area contributed by atoms with Crippen LogP contribution >= 0.6 is 0 Å². The molecule has 0 saturated carbocycles. The van der Waals surface area contributed by atoms with E-state index in [4.69, 9.17) is 9.47 Å². The molecule has 2 aromatic carbocycles. The molecule has 0 atom stereocenters. The van der Waals surface area contributed by atoms with Crippen LogP contribution in [0.2, 0.25) is 0 Å². The van der Waals surface area contributed by atoms with E-state index in [1.165, 1.54) is 12.0 Å². The van der Waals surface area contributed by atoms with Gasteiger partial charge in [-0.1, -0.05) is 30.3 Å². The summed E-state index contributed by atoms with van der Waals surface area (Å²) in [7, 11) is -2.28. The largest absolute Gasteiger partial charge is 0.497 e. The van der Waals surface area contributed by atoms with Crippen molar-refractivity contribution < 1.29 is 22.7 Å². The first kappa shape index (κ1) is 23.5. The highest BCUT2D eigenvalue weighted by Crippen LogP contribution is 2.17. The Kier molecular flexibility index (Phi) is 8.11. The summed E-state index contributed by atoms with van der Waals surface area (Å²) in [5.74, 6) is 0.122. The topological polar surface area (TPSA) is 84.9 Å². The zero-order chi connectivity index (χ0) is 22.2. The van der Waals surface area contributed by atoms with Crippen molar-refractivity contribution in [1.29, 1.82) is 0 Å². The van der Waals surface area contributed by atoms with E-state index in [0.717, 1.165) is 12.0 Å². The summed E-state index contributed by atoms with van der Waals surface area (Å²) in [4.78, 5) is 13.8. The number of sulfonamides is 1. The molecule has 0 heterocycles. The molecule has 30 heavy (non-hydrogen) atoms. The van der Waals surface area contributed by atoms with Crippen LogP contribution in [-0.2, 0) is 21.2 Å². The maximum absolute atomic E-state index is 12.7. The molecule has 2 rings (SSSR count). The Hall–Kier alpha value is -2.74. The fourth-order valence-corrected chi connectivity index (χ4v) is 3.93. The maximum atomic E-state index is 12.7. The number of aryl methyl sites for hydroxylation is 1. The molecule has 1 amide bonds. The first-order valence-corrected chi connectivity index (χ1v) is 11.4. The van der Waals surface area contributed by atoms with E-state index in [1.807, 2.05) is 30.3 Å². The van der Waals surface area contributed by atoms with Crippen molar-refractivity contribution in [2.45, 2.75) is 39.2 Å². The third kappa shape index (κ3) is 8.32. The summed E-state index contributed by atoms with van der Waals surface area (Å²) >= 11 is 0. The SMILES string of the molecule is COc1ccc(NS(=O)(=O)CN(CCCc2ccccc2)C(=O)OC(C)(C)C)cc1. The van der Waals surface area contributed by atoms with Gasteiger partial charge in [0.25, 0.3) is 10.0 Å². The van der Waals surface area contributed by atoms with Crippen molar-refractivity contribution in [2.24, 2.45) is 0 Å². The van der Waals surface area contributed by atoms with Gasteiger partial charge in [-0.05, 0) is 63.4 Å². The van der Waals surface area contributed by atoms with Crippen LogP contribution in [0.1, 0.15) is 32.8 Å². The number of hydrogen-bond donors (Lipinski definition) is 1. The van der Waals surface area contributed by atoms with Gasteiger partial charge in [0.1, 0.15) is 17.2 Å². The predicted octanol–water partition coefficient (Wildman–Crippen LogP) is 4.26. The number of anilines is 1. The Morgan fingerprint density at radius 3 is 2.23 bits per heavy atom. The molecule has 0 bridgehead atoms. The minimum atomic E-state index is -3.81. The van der Waals surface area contributed by atoms with Crippen molar-refractivity contribution in [3.63, 3.8) is 0 Å². The first-order chi connectivity index (χ1) is 14.1. The first-order valence-electron chi connectivity index (χ1n) is 9.74. The van der Waals surface area contributed by atoms with Crippen LogP contribution in [0.15, 0.2) is 54.6 Å². The molecule has 0 saturated heterocycles. The average Bonchev–Trinajstić information content (AvgIpc) is 2.67. The molecule has 0 radical (unpaired) electrons. The number of carbonyl (C=O) groups excluding carboxylic acids is 1. The standard InChI is InChI=1S/C22H30N2O5S/c1-22(2,3)29-21(25)24(16-8-11-18-9-6-5-7-10-18)17-30(26,27)23-19-12-14-20(28-4)15-13-19/h5-7,9-10,12-15,23H,8,11,16-17H2,1-4H3.